The van der Waals surface area contributed by atoms with E-state index in [-0.39, 0.29) is 12.1 Å². The van der Waals surface area contributed by atoms with E-state index >= 15 is 0 Å². The molecule has 3 nitrogen and oxygen atoms in total. The molecule has 3 unspecified atom stereocenters. The van der Waals surface area contributed by atoms with Crippen LogP contribution in [-0.2, 0) is 0 Å². The van der Waals surface area contributed by atoms with Crippen molar-refractivity contribution in [3.63, 3.8) is 0 Å². The Morgan fingerprint density at radius 1 is 1.60 bits per heavy atom. The Morgan fingerprint density at radius 2 is 2.47 bits per heavy atom. The van der Waals surface area contributed by atoms with Gasteiger partial charge in [-0.2, -0.15) is 0 Å². The molecule has 0 aliphatic heterocycles. The van der Waals surface area contributed by atoms with Gasteiger partial charge in [-0.05, 0) is 37.8 Å². The van der Waals surface area contributed by atoms with Crippen LogP contribution in [0.5, 0.6) is 0 Å². The standard InChI is InChI=1S/C12H19NO2/c1-9(12-6-3-7-15-12)13-8-10-4-2-5-11(10)14/h3,6-7,9-11,13-14H,2,4-5,8H2,1H3. The van der Waals surface area contributed by atoms with Gasteiger partial charge in [0.1, 0.15) is 5.76 Å². The van der Waals surface area contributed by atoms with Gasteiger partial charge in [0, 0.05) is 6.54 Å². The third-order valence-electron chi connectivity index (χ3n) is 3.28. The SMILES string of the molecule is CC(NCC1CCCC1O)c1ccco1. The van der Waals surface area contributed by atoms with Crippen molar-refractivity contribution in [1.29, 1.82) is 0 Å². The second-order valence-electron chi connectivity index (χ2n) is 4.40. The highest BCUT2D eigenvalue weighted by Crippen LogP contribution is 2.25. The first kappa shape index (κ1) is 10.7. The molecule has 0 bridgehead atoms. The van der Waals surface area contributed by atoms with E-state index in [2.05, 4.69) is 12.2 Å². The molecule has 2 rings (SSSR count). The van der Waals surface area contributed by atoms with Crippen molar-refractivity contribution >= 4 is 0 Å². The fourth-order valence-electron chi connectivity index (χ4n) is 2.22. The Bertz CT molecular complexity index is 284. The zero-order valence-electron chi connectivity index (χ0n) is 9.15. The molecule has 3 heteroatoms. The summed E-state index contributed by atoms with van der Waals surface area (Å²) in [6.07, 6.45) is 4.84. The van der Waals surface area contributed by atoms with E-state index < -0.39 is 0 Å². The smallest absolute Gasteiger partial charge is 0.120 e. The van der Waals surface area contributed by atoms with Crippen molar-refractivity contribution in [2.75, 3.05) is 6.54 Å². The lowest BCUT2D eigenvalue weighted by molar-refractivity contribution is 0.129. The summed E-state index contributed by atoms with van der Waals surface area (Å²) < 4.78 is 5.31. The lowest BCUT2D eigenvalue weighted by Crippen LogP contribution is -2.29. The summed E-state index contributed by atoms with van der Waals surface area (Å²) in [6.45, 7) is 2.96. The monoisotopic (exact) mass is 209 g/mol. The first-order valence-electron chi connectivity index (χ1n) is 5.72. The van der Waals surface area contributed by atoms with Crippen molar-refractivity contribution in [3.8, 4) is 0 Å². The number of rotatable bonds is 4. The van der Waals surface area contributed by atoms with Gasteiger partial charge < -0.3 is 14.8 Å². The first-order valence-corrected chi connectivity index (χ1v) is 5.72. The Kier molecular flexibility index (Phi) is 3.44. The zero-order chi connectivity index (χ0) is 10.7. The lowest BCUT2D eigenvalue weighted by Gasteiger charge is -2.18. The van der Waals surface area contributed by atoms with Crippen LogP contribution in [0.1, 0.15) is 38.0 Å². The molecule has 1 fully saturated rings. The normalized spacial score (nSPS) is 28.1. The highest BCUT2D eigenvalue weighted by Gasteiger charge is 2.25. The predicted molar refractivity (Wildman–Crippen MR) is 58.5 cm³/mol. The maximum absolute atomic E-state index is 9.67. The average molecular weight is 209 g/mol. The van der Waals surface area contributed by atoms with E-state index in [4.69, 9.17) is 4.42 Å². The molecule has 0 amide bonds. The first-order chi connectivity index (χ1) is 7.27. The minimum atomic E-state index is -0.110. The third-order valence-corrected chi connectivity index (χ3v) is 3.28. The quantitative estimate of drug-likeness (QED) is 0.798. The van der Waals surface area contributed by atoms with Crippen LogP contribution in [0.25, 0.3) is 0 Å². The van der Waals surface area contributed by atoms with Crippen LogP contribution in [0, 0.1) is 5.92 Å². The Morgan fingerprint density at radius 3 is 3.07 bits per heavy atom. The molecule has 84 valence electrons. The summed E-state index contributed by atoms with van der Waals surface area (Å²) in [5.41, 5.74) is 0. The van der Waals surface area contributed by atoms with Crippen molar-refractivity contribution in [3.05, 3.63) is 24.2 Å². The van der Waals surface area contributed by atoms with E-state index in [0.717, 1.165) is 31.6 Å². The summed E-state index contributed by atoms with van der Waals surface area (Å²) in [6, 6.07) is 4.11. The summed E-state index contributed by atoms with van der Waals surface area (Å²) >= 11 is 0. The fraction of sp³-hybridized carbons (Fsp3) is 0.667. The second kappa shape index (κ2) is 4.81. The number of furan rings is 1. The van der Waals surface area contributed by atoms with Gasteiger partial charge in [-0.1, -0.05) is 6.42 Å². The van der Waals surface area contributed by atoms with Gasteiger partial charge in [-0.3, -0.25) is 0 Å². The summed E-state index contributed by atoms with van der Waals surface area (Å²) in [4.78, 5) is 0. The van der Waals surface area contributed by atoms with Crippen molar-refractivity contribution in [2.24, 2.45) is 5.92 Å². The van der Waals surface area contributed by atoms with E-state index in [0.29, 0.717) is 5.92 Å². The van der Waals surface area contributed by atoms with Crippen LogP contribution < -0.4 is 5.32 Å². The molecule has 3 atom stereocenters. The molecule has 0 saturated heterocycles. The Balaban J connectivity index is 1.78. The molecule has 0 aromatic carbocycles. The minimum absolute atomic E-state index is 0.110. The summed E-state index contributed by atoms with van der Waals surface area (Å²) in [5.74, 6) is 1.38. The van der Waals surface area contributed by atoms with Gasteiger partial charge in [-0.25, -0.2) is 0 Å². The van der Waals surface area contributed by atoms with Gasteiger partial charge in [-0.15, -0.1) is 0 Å². The van der Waals surface area contributed by atoms with E-state index in [9.17, 15) is 5.11 Å². The number of aliphatic hydroxyl groups excluding tert-OH is 1. The topological polar surface area (TPSA) is 45.4 Å². The van der Waals surface area contributed by atoms with Crippen LogP contribution in [0.2, 0.25) is 0 Å². The minimum Gasteiger partial charge on any atom is -0.468 e. The van der Waals surface area contributed by atoms with Crippen molar-refractivity contribution in [1.82, 2.24) is 5.32 Å². The van der Waals surface area contributed by atoms with Gasteiger partial charge >= 0.3 is 0 Å². The molecule has 0 spiro atoms. The maximum atomic E-state index is 9.67. The van der Waals surface area contributed by atoms with Gasteiger partial charge in [0.15, 0.2) is 0 Å². The van der Waals surface area contributed by atoms with Gasteiger partial charge in [0.05, 0.1) is 18.4 Å². The molecular weight excluding hydrogens is 190 g/mol. The predicted octanol–water partition coefficient (Wildman–Crippen LogP) is 2.09. The van der Waals surface area contributed by atoms with Crippen LogP contribution in [0.15, 0.2) is 22.8 Å². The Hall–Kier alpha value is -0.800. The maximum Gasteiger partial charge on any atom is 0.120 e. The molecule has 0 radical (unpaired) electrons. The van der Waals surface area contributed by atoms with Gasteiger partial charge in [0.25, 0.3) is 0 Å². The van der Waals surface area contributed by atoms with E-state index in [1.54, 1.807) is 6.26 Å². The fourth-order valence-corrected chi connectivity index (χ4v) is 2.22. The van der Waals surface area contributed by atoms with Crippen LogP contribution in [0.4, 0.5) is 0 Å². The molecular formula is C12H19NO2. The summed E-state index contributed by atoms with van der Waals surface area (Å²) in [5, 5.41) is 13.1. The number of aliphatic hydroxyl groups is 1. The molecule has 1 aromatic rings. The molecule has 1 aliphatic rings. The lowest BCUT2D eigenvalue weighted by atomic mass is 10.1. The highest BCUT2D eigenvalue weighted by atomic mass is 16.3. The van der Waals surface area contributed by atoms with Crippen LogP contribution >= 0.6 is 0 Å². The molecule has 1 saturated carbocycles. The third kappa shape index (κ3) is 2.61. The number of hydrogen-bond donors (Lipinski definition) is 2. The molecule has 1 heterocycles. The second-order valence-corrected chi connectivity index (χ2v) is 4.40. The summed E-state index contributed by atoms with van der Waals surface area (Å²) in [7, 11) is 0. The number of nitrogens with one attached hydrogen (secondary N) is 1. The van der Waals surface area contributed by atoms with E-state index in [1.807, 2.05) is 12.1 Å². The number of hydrogen-bond acceptors (Lipinski definition) is 3. The molecule has 1 aromatic heterocycles. The largest absolute Gasteiger partial charge is 0.468 e. The van der Waals surface area contributed by atoms with Gasteiger partial charge in [0.2, 0.25) is 0 Å². The highest BCUT2D eigenvalue weighted by molar-refractivity contribution is 5.03. The van der Waals surface area contributed by atoms with Crippen LogP contribution in [-0.4, -0.2) is 17.8 Å². The zero-order valence-corrected chi connectivity index (χ0v) is 9.15. The molecule has 1 aliphatic carbocycles. The molecule has 2 N–H and O–H groups in total. The van der Waals surface area contributed by atoms with Crippen LogP contribution in [0.3, 0.4) is 0 Å². The average Bonchev–Trinajstić information content (AvgIpc) is 2.85. The van der Waals surface area contributed by atoms with Crippen molar-refractivity contribution in [2.45, 2.75) is 38.3 Å². The van der Waals surface area contributed by atoms with Crippen molar-refractivity contribution < 1.29 is 9.52 Å². The Labute approximate surface area is 90.5 Å². The van der Waals surface area contributed by atoms with E-state index in [1.165, 1.54) is 0 Å². The molecule has 15 heavy (non-hydrogen) atoms.